The summed E-state index contributed by atoms with van der Waals surface area (Å²) in [6.45, 7) is 0.966. The first-order valence-electron chi connectivity index (χ1n) is 7.68. The van der Waals surface area contributed by atoms with E-state index in [0.717, 1.165) is 16.8 Å². The van der Waals surface area contributed by atoms with Crippen molar-refractivity contribution in [1.82, 2.24) is 4.98 Å². The van der Waals surface area contributed by atoms with Crippen molar-refractivity contribution in [3.05, 3.63) is 53.2 Å². The molecule has 1 heteroatoms. The second-order valence-corrected chi connectivity index (χ2v) is 3.82. The number of nitrogens with zero attached hydrogens (tertiary/aromatic N) is 1. The fourth-order valence-corrected chi connectivity index (χ4v) is 1.69. The molecule has 0 atom stereocenters. The molecule has 16 heavy (non-hydrogen) atoms. The van der Waals surface area contributed by atoms with Crippen LogP contribution in [0.1, 0.15) is 30.4 Å². The molecule has 1 aromatic carbocycles. The summed E-state index contributed by atoms with van der Waals surface area (Å²) in [5, 5.41) is 0. The van der Waals surface area contributed by atoms with Crippen LogP contribution in [0.4, 0.5) is 0 Å². The van der Waals surface area contributed by atoms with Gasteiger partial charge < -0.3 is 0 Å². The van der Waals surface area contributed by atoms with Gasteiger partial charge in [0.05, 0.1) is 5.69 Å². The first kappa shape index (κ1) is 6.19. The van der Waals surface area contributed by atoms with Gasteiger partial charge in [0.25, 0.3) is 0 Å². The highest BCUT2D eigenvalue weighted by Gasteiger charge is 2.04. The normalized spacial score (nSPS) is 16.8. The highest BCUT2D eigenvalue weighted by atomic mass is 14.7. The van der Waals surface area contributed by atoms with Crippen molar-refractivity contribution in [2.24, 2.45) is 0 Å². The number of hydrogen-bond donors (Lipinski definition) is 0. The average Bonchev–Trinajstić information content (AvgIpc) is 2.37. The van der Waals surface area contributed by atoms with Crippen LogP contribution in [0.25, 0.3) is 11.3 Å². The fraction of sp³-hybridized carbons (Fsp3) is 0.267. The van der Waals surface area contributed by atoms with E-state index in [-0.39, 0.29) is 5.56 Å². The smallest absolute Gasteiger partial charge is 0.0707 e. The lowest BCUT2D eigenvalue weighted by Gasteiger charge is -2.08. The minimum absolute atomic E-state index is 0.111. The number of hydrogen-bond acceptors (Lipinski definition) is 1. The van der Waals surface area contributed by atoms with E-state index in [4.69, 9.17) is 6.85 Å². The van der Waals surface area contributed by atoms with Crippen molar-refractivity contribution in [2.75, 3.05) is 0 Å². The first-order valence-corrected chi connectivity index (χ1v) is 5.18. The van der Waals surface area contributed by atoms with Crippen molar-refractivity contribution in [3.63, 3.8) is 0 Å². The van der Waals surface area contributed by atoms with Gasteiger partial charge in [0.15, 0.2) is 0 Å². The van der Waals surface area contributed by atoms with E-state index in [2.05, 4.69) is 4.98 Å². The fourth-order valence-electron chi connectivity index (χ4n) is 1.69. The molecule has 0 aliphatic heterocycles. The van der Waals surface area contributed by atoms with E-state index in [0.29, 0.717) is 5.56 Å². The molecule has 0 saturated heterocycles. The summed E-state index contributed by atoms with van der Waals surface area (Å²) in [7, 11) is 0. The van der Waals surface area contributed by atoms with E-state index >= 15 is 0 Å². The molecule has 2 aromatic rings. The first-order chi connectivity index (χ1) is 9.64. The Kier molecular flexibility index (Phi) is 1.73. The SMILES string of the molecule is [2H]C([2H])([2H])C([2H])([2H])c1cnc(-c2ccccc2C)cc1C. The van der Waals surface area contributed by atoms with E-state index < -0.39 is 13.2 Å². The topological polar surface area (TPSA) is 12.9 Å². The third kappa shape index (κ3) is 1.99. The summed E-state index contributed by atoms with van der Waals surface area (Å²) >= 11 is 0. The molecule has 0 radical (unpaired) electrons. The van der Waals surface area contributed by atoms with Crippen molar-refractivity contribution >= 4 is 0 Å². The van der Waals surface area contributed by atoms with Gasteiger partial charge in [-0.3, -0.25) is 4.98 Å². The molecule has 82 valence electrons. The van der Waals surface area contributed by atoms with Crippen LogP contribution in [0.5, 0.6) is 0 Å². The minimum atomic E-state index is -2.72. The lowest BCUT2D eigenvalue weighted by atomic mass is 10.0. The molecule has 0 saturated carbocycles. The van der Waals surface area contributed by atoms with Crippen LogP contribution in [0.3, 0.4) is 0 Å². The molecule has 0 unspecified atom stereocenters. The zero-order valence-electron chi connectivity index (χ0n) is 14.4. The third-order valence-corrected chi connectivity index (χ3v) is 2.67. The predicted molar refractivity (Wildman–Crippen MR) is 68.5 cm³/mol. The van der Waals surface area contributed by atoms with Crippen molar-refractivity contribution in [2.45, 2.75) is 27.1 Å². The van der Waals surface area contributed by atoms with Crippen LogP contribution < -0.4 is 0 Å². The highest BCUT2D eigenvalue weighted by molar-refractivity contribution is 5.64. The maximum atomic E-state index is 7.84. The summed E-state index contributed by atoms with van der Waals surface area (Å²) in [6, 6.07) is 9.50. The monoisotopic (exact) mass is 216 g/mol. The van der Waals surface area contributed by atoms with Gasteiger partial charge in [0, 0.05) is 18.6 Å². The molecule has 1 aromatic heterocycles. The van der Waals surface area contributed by atoms with E-state index in [1.54, 1.807) is 13.0 Å². The lowest BCUT2D eigenvalue weighted by molar-refractivity contribution is 1.07. The van der Waals surface area contributed by atoms with Crippen LogP contribution in [-0.2, 0) is 6.37 Å². The summed E-state index contributed by atoms with van der Waals surface area (Å²) in [5.41, 5.74) is 3.44. The van der Waals surface area contributed by atoms with Gasteiger partial charge in [-0.2, -0.15) is 0 Å². The Bertz CT molecular complexity index is 661. The molecule has 1 heterocycles. The minimum Gasteiger partial charge on any atom is -0.256 e. The van der Waals surface area contributed by atoms with Crippen molar-refractivity contribution in [1.29, 1.82) is 0 Å². The number of rotatable bonds is 2. The zero-order chi connectivity index (χ0) is 15.8. The molecule has 0 N–H and O–H groups in total. The van der Waals surface area contributed by atoms with Gasteiger partial charge in [0.1, 0.15) is 0 Å². The van der Waals surface area contributed by atoms with Gasteiger partial charge in [0.2, 0.25) is 0 Å². The van der Waals surface area contributed by atoms with Crippen LogP contribution >= 0.6 is 0 Å². The van der Waals surface area contributed by atoms with Crippen molar-refractivity contribution < 1.29 is 6.85 Å². The van der Waals surface area contributed by atoms with E-state index in [1.165, 1.54) is 6.20 Å². The molecule has 1 nitrogen and oxygen atoms in total. The van der Waals surface area contributed by atoms with Crippen LogP contribution in [0, 0.1) is 13.8 Å². The summed E-state index contributed by atoms with van der Waals surface area (Å²) in [6.07, 6.45) is -1.07. The second-order valence-electron chi connectivity index (χ2n) is 3.82. The van der Waals surface area contributed by atoms with Crippen LogP contribution in [-0.4, -0.2) is 4.98 Å². The van der Waals surface area contributed by atoms with E-state index in [9.17, 15) is 0 Å². The van der Waals surface area contributed by atoms with E-state index in [1.807, 2.05) is 31.2 Å². The average molecular weight is 216 g/mol. The molecule has 0 aliphatic carbocycles. The molecule has 0 bridgehead atoms. The quantitative estimate of drug-likeness (QED) is 0.741. The van der Waals surface area contributed by atoms with Crippen molar-refractivity contribution in [3.8, 4) is 11.3 Å². The Hall–Kier alpha value is -1.63. The Morgan fingerprint density at radius 1 is 1.25 bits per heavy atom. The number of benzene rings is 1. The number of aryl methyl sites for hydroxylation is 3. The maximum absolute atomic E-state index is 7.84. The Labute approximate surface area is 104 Å². The zero-order valence-corrected chi connectivity index (χ0v) is 9.41. The molecule has 0 amide bonds. The lowest BCUT2D eigenvalue weighted by Crippen LogP contribution is -1.92. The Balaban J connectivity index is 2.51. The third-order valence-electron chi connectivity index (χ3n) is 2.67. The molecule has 0 aliphatic rings. The predicted octanol–water partition coefficient (Wildman–Crippen LogP) is 3.93. The van der Waals surface area contributed by atoms with Crippen LogP contribution in [0.2, 0.25) is 0 Å². The molecule has 0 fully saturated rings. The van der Waals surface area contributed by atoms with Gasteiger partial charge in [-0.05, 0) is 43.0 Å². The van der Waals surface area contributed by atoms with Gasteiger partial charge in [-0.1, -0.05) is 31.1 Å². The second kappa shape index (κ2) is 4.48. The Morgan fingerprint density at radius 2 is 2.06 bits per heavy atom. The maximum Gasteiger partial charge on any atom is 0.0707 e. The largest absolute Gasteiger partial charge is 0.256 e. The number of pyridine rings is 1. The molecular formula is C15H17N. The Morgan fingerprint density at radius 3 is 2.75 bits per heavy atom. The van der Waals surface area contributed by atoms with Gasteiger partial charge in [-0.15, -0.1) is 0 Å². The highest BCUT2D eigenvalue weighted by Crippen LogP contribution is 2.22. The summed E-state index contributed by atoms with van der Waals surface area (Å²) in [4.78, 5) is 4.26. The summed E-state index contributed by atoms with van der Waals surface area (Å²) in [5.74, 6) is 0. The standard InChI is InChI=1S/C15H17N/c1-4-13-10-16-15(9-12(13)3)14-8-6-5-7-11(14)2/h5-10H,4H2,1-3H3/i1D3,4D2. The van der Waals surface area contributed by atoms with Gasteiger partial charge >= 0.3 is 0 Å². The molecular weight excluding hydrogens is 194 g/mol. The summed E-state index contributed by atoms with van der Waals surface area (Å²) < 4.78 is 37.7. The van der Waals surface area contributed by atoms with Crippen LogP contribution in [0.15, 0.2) is 36.5 Å². The molecule has 2 rings (SSSR count). The van der Waals surface area contributed by atoms with Gasteiger partial charge in [-0.25, -0.2) is 0 Å². The molecule has 0 spiro atoms. The number of aromatic nitrogens is 1.